The molecule has 19 heavy (non-hydrogen) atoms. The highest BCUT2D eigenvalue weighted by atomic mass is 15.0. The number of hydrogen-bond acceptors (Lipinski definition) is 2. The Labute approximate surface area is 116 Å². The average Bonchev–Trinajstić information content (AvgIpc) is 2.46. The third-order valence-electron chi connectivity index (χ3n) is 4.14. The van der Waals surface area contributed by atoms with Crippen molar-refractivity contribution < 1.29 is 0 Å². The molecule has 1 aromatic carbocycles. The van der Waals surface area contributed by atoms with Gasteiger partial charge in [0.25, 0.3) is 0 Å². The Morgan fingerprint density at radius 1 is 1.32 bits per heavy atom. The van der Waals surface area contributed by atoms with Crippen LogP contribution < -0.4 is 5.32 Å². The van der Waals surface area contributed by atoms with Crippen LogP contribution in [-0.4, -0.2) is 12.1 Å². The molecule has 1 N–H and O–H groups in total. The van der Waals surface area contributed by atoms with E-state index < -0.39 is 0 Å². The lowest BCUT2D eigenvalue weighted by Crippen LogP contribution is -2.51. The van der Waals surface area contributed by atoms with Crippen LogP contribution in [0.4, 0.5) is 0 Å². The Morgan fingerprint density at radius 2 is 2.05 bits per heavy atom. The van der Waals surface area contributed by atoms with Crippen LogP contribution >= 0.6 is 0 Å². The molecule has 0 radical (unpaired) electrons. The van der Waals surface area contributed by atoms with E-state index in [4.69, 9.17) is 0 Å². The molecule has 0 bridgehead atoms. The first-order valence-electron chi connectivity index (χ1n) is 7.39. The molecule has 2 rings (SSSR count). The van der Waals surface area contributed by atoms with E-state index in [-0.39, 0.29) is 5.54 Å². The summed E-state index contributed by atoms with van der Waals surface area (Å²) in [5, 5.41) is 13.3. The maximum Gasteiger partial charge on any atom is 0.113 e. The maximum atomic E-state index is 9.77. The van der Waals surface area contributed by atoms with Crippen molar-refractivity contribution in [2.24, 2.45) is 5.92 Å². The van der Waals surface area contributed by atoms with Gasteiger partial charge in [0.05, 0.1) is 6.07 Å². The van der Waals surface area contributed by atoms with E-state index in [1.165, 1.54) is 12.0 Å². The monoisotopic (exact) mass is 256 g/mol. The summed E-state index contributed by atoms with van der Waals surface area (Å²) in [6, 6.07) is 13.1. The van der Waals surface area contributed by atoms with Gasteiger partial charge in [-0.2, -0.15) is 5.26 Å². The van der Waals surface area contributed by atoms with Crippen molar-refractivity contribution in [3.8, 4) is 6.07 Å². The Morgan fingerprint density at radius 3 is 2.68 bits per heavy atom. The second-order valence-corrected chi connectivity index (χ2v) is 6.07. The summed E-state index contributed by atoms with van der Waals surface area (Å²) >= 11 is 0. The van der Waals surface area contributed by atoms with Crippen molar-refractivity contribution in [2.75, 3.05) is 6.54 Å². The Bertz CT molecular complexity index is 432. The predicted octanol–water partition coefficient (Wildman–Crippen LogP) is 3.85. The summed E-state index contributed by atoms with van der Waals surface area (Å²) in [6.07, 6.45) is 4.47. The number of nitrogens with zero attached hydrogens (tertiary/aromatic N) is 1. The lowest BCUT2D eigenvalue weighted by atomic mass is 9.70. The normalized spacial score (nSPS) is 27.2. The highest BCUT2D eigenvalue weighted by Gasteiger charge is 2.41. The quantitative estimate of drug-likeness (QED) is 0.888. The molecule has 1 fully saturated rings. The van der Waals surface area contributed by atoms with Crippen molar-refractivity contribution in [3.63, 3.8) is 0 Å². The molecule has 2 heteroatoms. The van der Waals surface area contributed by atoms with Gasteiger partial charge in [0.15, 0.2) is 0 Å². The minimum atomic E-state index is -0.371. The van der Waals surface area contributed by atoms with E-state index in [1.807, 2.05) is 6.07 Å². The Hall–Kier alpha value is -1.33. The number of nitrogens with one attached hydrogen (secondary N) is 1. The number of nitriles is 1. The van der Waals surface area contributed by atoms with Crippen LogP contribution in [0.25, 0.3) is 0 Å². The Balaban J connectivity index is 2.25. The van der Waals surface area contributed by atoms with Gasteiger partial charge in [-0.3, -0.25) is 5.32 Å². The van der Waals surface area contributed by atoms with Gasteiger partial charge in [0, 0.05) is 5.92 Å². The van der Waals surface area contributed by atoms with Crippen LogP contribution in [0.1, 0.15) is 51.0 Å². The van der Waals surface area contributed by atoms with Gasteiger partial charge in [-0.1, -0.05) is 57.0 Å². The van der Waals surface area contributed by atoms with Crippen LogP contribution in [0, 0.1) is 17.2 Å². The standard InChI is InChI=1S/C17H24N2/c1-14(2)12-19-17(13-18)11-7-6-10-16(17)15-8-4-3-5-9-15/h3-5,8-9,14,16,19H,6-7,10-12H2,1-2H3. The molecule has 1 aromatic rings. The molecular formula is C17H24N2. The van der Waals surface area contributed by atoms with Gasteiger partial charge in [0.1, 0.15) is 5.54 Å². The zero-order chi connectivity index (χ0) is 13.7. The van der Waals surface area contributed by atoms with E-state index in [2.05, 4.69) is 49.5 Å². The maximum absolute atomic E-state index is 9.77. The first kappa shape index (κ1) is 14.1. The number of benzene rings is 1. The van der Waals surface area contributed by atoms with Gasteiger partial charge >= 0.3 is 0 Å². The molecule has 1 saturated carbocycles. The molecule has 1 aliphatic rings. The summed E-state index contributed by atoms with van der Waals surface area (Å²) < 4.78 is 0. The molecule has 102 valence electrons. The van der Waals surface area contributed by atoms with E-state index in [9.17, 15) is 5.26 Å². The molecule has 1 aliphatic carbocycles. The van der Waals surface area contributed by atoms with Crippen molar-refractivity contribution in [3.05, 3.63) is 35.9 Å². The number of hydrogen-bond donors (Lipinski definition) is 1. The van der Waals surface area contributed by atoms with Gasteiger partial charge in [-0.25, -0.2) is 0 Å². The van der Waals surface area contributed by atoms with E-state index in [0.29, 0.717) is 11.8 Å². The molecule has 2 nitrogen and oxygen atoms in total. The molecule has 0 spiro atoms. The van der Waals surface area contributed by atoms with E-state index >= 15 is 0 Å². The van der Waals surface area contributed by atoms with Crippen LogP contribution in [0.2, 0.25) is 0 Å². The third-order valence-corrected chi connectivity index (χ3v) is 4.14. The van der Waals surface area contributed by atoms with Gasteiger partial charge in [-0.15, -0.1) is 0 Å². The minimum Gasteiger partial charge on any atom is -0.299 e. The van der Waals surface area contributed by atoms with Gasteiger partial charge in [0.2, 0.25) is 0 Å². The highest BCUT2D eigenvalue weighted by molar-refractivity contribution is 5.30. The molecular weight excluding hydrogens is 232 g/mol. The highest BCUT2D eigenvalue weighted by Crippen LogP contribution is 2.40. The fraction of sp³-hybridized carbons (Fsp3) is 0.588. The minimum absolute atomic E-state index is 0.325. The van der Waals surface area contributed by atoms with Crippen molar-refractivity contribution in [1.29, 1.82) is 5.26 Å². The lowest BCUT2D eigenvalue weighted by Gasteiger charge is -2.40. The molecule has 2 unspecified atom stereocenters. The largest absolute Gasteiger partial charge is 0.299 e. The lowest BCUT2D eigenvalue weighted by molar-refractivity contribution is 0.247. The van der Waals surface area contributed by atoms with Crippen molar-refractivity contribution in [2.45, 2.75) is 51.0 Å². The number of rotatable bonds is 4. The summed E-state index contributed by atoms with van der Waals surface area (Å²) in [7, 11) is 0. The van der Waals surface area contributed by atoms with Crippen LogP contribution in [0.3, 0.4) is 0 Å². The van der Waals surface area contributed by atoms with Crippen LogP contribution in [0.5, 0.6) is 0 Å². The fourth-order valence-corrected chi connectivity index (χ4v) is 3.08. The topological polar surface area (TPSA) is 35.8 Å². The fourth-order valence-electron chi connectivity index (χ4n) is 3.08. The van der Waals surface area contributed by atoms with Gasteiger partial charge < -0.3 is 0 Å². The molecule has 0 aromatic heterocycles. The second kappa shape index (κ2) is 6.21. The summed E-state index contributed by atoms with van der Waals surface area (Å²) in [4.78, 5) is 0. The summed E-state index contributed by atoms with van der Waals surface area (Å²) in [5.41, 5.74) is 0.934. The van der Waals surface area contributed by atoms with Crippen LogP contribution in [0.15, 0.2) is 30.3 Å². The SMILES string of the molecule is CC(C)CNC1(C#N)CCCCC1c1ccccc1. The molecule has 0 aliphatic heterocycles. The molecule has 2 atom stereocenters. The smallest absolute Gasteiger partial charge is 0.113 e. The molecule has 0 amide bonds. The average molecular weight is 256 g/mol. The summed E-state index contributed by atoms with van der Waals surface area (Å²) in [5.74, 6) is 0.898. The first-order valence-corrected chi connectivity index (χ1v) is 7.39. The second-order valence-electron chi connectivity index (χ2n) is 6.07. The molecule has 0 saturated heterocycles. The zero-order valence-corrected chi connectivity index (χ0v) is 12.0. The first-order chi connectivity index (χ1) is 9.18. The predicted molar refractivity (Wildman–Crippen MR) is 78.8 cm³/mol. The van der Waals surface area contributed by atoms with Crippen molar-refractivity contribution in [1.82, 2.24) is 5.32 Å². The Kier molecular flexibility index (Phi) is 4.61. The zero-order valence-electron chi connectivity index (χ0n) is 12.0. The van der Waals surface area contributed by atoms with Crippen LogP contribution in [-0.2, 0) is 0 Å². The summed E-state index contributed by atoms with van der Waals surface area (Å²) in [6.45, 7) is 5.30. The molecule has 0 heterocycles. The van der Waals surface area contributed by atoms with E-state index in [0.717, 1.165) is 25.8 Å². The van der Waals surface area contributed by atoms with Crippen molar-refractivity contribution >= 4 is 0 Å². The van der Waals surface area contributed by atoms with E-state index in [1.54, 1.807) is 0 Å². The van der Waals surface area contributed by atoms with Gasteiger partial charge in [-0.05, 0) is 30.9 Å². The third kappa shape index (κ3) is 3.16.